The van der Waals surface area contributed by atoms with Crippen LogP contribution in [0.25, 0.3) is 5.73 Å². The summed E-state index contributed by atoms with van der Waals surface area (Å²) in [5, 5.41) is 29.6. The minimum atomic E-state index is -1.82. The number of carboxylic acid groups (broad SMARTS) is 2. The van der Waals surface area contributed by atoms with Gasteiger partial charge in [-0.3, -0.25) is 0 Å². The van der Waals surface area contributed by atoms with Crippen LogP contribution in [0.3, 0.4) is 0 Å². The fourth-order valence-electron chi connectivity index (χ4n) is 7.91. The van der Waals surface area contributed by atoms with Gasteiger partial charge in [0.05, 0.1) is 34.2 Å². The van der Waals surface area contributed by atoms with E-state index in [0.717, 1.165) is 91.9 Å². The first-order chi connectivity index (χ1) is 25.6. The predicted molar refractivity (Wildman–Crippen MR) is 216 cm³/mol. The third-order valence-electron chi connectivity index (χ3n) is 11.1. The van der Waals surface area contributed by atoms with Gasteiger partial charge in [-0.2, -0.15) is 12.0 Å². The number of allylic oxidation sites excluding steroid dienone is 12. The van der Waals surface area contributed by atoms with Crippen LogP contribution in [0.4, 0.5) is 0 Å². The van der Waals surface area contributed by atoms with Gasteiger partial charge < -0.3 is 50.5 Å². The molecule has 2 fully saturated rings. The van der Waals surface area contributed by atoms with Crippen molar-refractivity contribution in [2.75, 3.05) is 0 Å². The Labute approximate surface area is 343 Å². The number of aliphatic hydroxyl groups excluding tert-OH is 1. The summed E-state index contributed by atoms with van der Waals surface area (Å²) in [6.07, 6.45) is 15.2. The van der Waals surface area contributed by atoms with Crippen molar-refractivity contribution in [2.24, 2.45) is 32.7 Å². The van der Waals surface area contributed by atoms with Gasteiger partial charge in [0, 0.05) is 67.4 Å². The zero-order valence-corrected chi connectivity index (χ0v) is 34.9. The van der Waals surface area contributed by atoms with Crippen molar-refractivity contribution in [1.82, 2.24) is 5.32 Å². The molecule has 4 atom stereocenters. The molecular weight excluding hydrogens is 894 g/mol. The van der Waals surface area contributed by atoms with Crippen LogP contribution in [-0.2, 0) is 35.4 Å². The predicted octanol–water partition coefficient (Wildman–Crippen LogP) is 7.79. The van der Waals surface area contributed by atoms with E-state index in [9.17, 15) is 9.90 Å². The first-order valence-electron chi connectivity index (χ1n) is 18.5. The van der Waals surface area contributed by atoms with E-state index in [2.05, 4.69) is 71.7 Å². The van der Waals surface area contributed by atoms with Crippen molar-refractivity contribution in [3.63, 3.8) is 0 Å². The maximum Gasteiger partial charge on any atom is 0.414 e. The zero-order chi connectivity index (χ0) is 39.6. The average Bonchev–Trinajstić information content (AvgIpc) is 3.87. The van der Waals surface area contributed by atoms with Crippen molar-refractivity contribution in [2.45, 2.75) is 92.0 Å². The van der Waals surface area contributed by atoms with Crippen LogP contribution in [0.5, 0.6) is 0 Å². The molecule has 0 radical (unpaired) electrons. The van der Waals surface area contributed by atoms with Crippen molar-refractivity contribution < 1.29 is 56.2 Å². The molecule has 12 nitrogen and oxygen atoms in total. The first-order valence-corrected chi connectivity index (χ1v) is 18.5. The normalized spacial score (nSPS) is 24.6. The molecule has 13 heteroatoms. The first kappa shape index (κ1) is 45.7. The molecule has 1 saturated carbocycles. The number of carbonyl (C=O) groups is 3. The molecule has 0 amide bonds. The molecule has 5 heterocycles. The standard InChI is InChI=1S/C34H35N4O2.C7H13N.C2H2O4.H2O.Pt/c1-8-21-17(4)25-13-27-19(6)23(11-10-16(3)39)33(37-27)24-12-31(40)32-20(7)28(38-34(24)32)15-30-22(9-2)18(5)26(36-30)14-29(21)35-25;1-6-4-2-3-5-7(6)8;3-1(4)2(5)6;;/h8,13-15,19,23,37,40H,1,3,9-12H2,2,4-7H3;6-8H,1-5H2;(H,3,4)(H,5,6);1H2;/q-1;-2;;;. The fraction of sp³-hybridized carbons (Fsp3) is 0.395. The fourth-order valence-corrected chi connectivity index (χ4v) is 7.91. The van der Waals surface area contributed by atoms with E-state index in [-0.39, 0.29) is 50.2 Å². The number of aliphatic imine (C=N–C) groups is 3. The maximum absolute atomic E-state index is 11.9. The summed E-state index contributed by atoms with van der Waals surface area (Å²) in [7, 11) is 0. The number of fused-ring (bicyclic) bond motifs is 5. The molecule has 8 bridgehead atoms. The molecular formula is C43H52N5O7Pt-3. The molecule has 0 aromatic heterocycles. The SMILES string of the molecule is C=CC1=C(C)C2=NC1=CC1=NC(=CC3=C(C)C4=C(O)CC(=C5NC(=C2)C(C)C5CCC([CH2-])=O)C4=N3)C(CC)=C1C.O.O=C(O)C(=O)O.[CH2-]C1CCCCC1[NH-].[Pt]. The number of aliphatic carboxylic acids is 2. The van der Waals surface area contributed by atoms with Crippen LogP contribution in [0, 0.1) is 31.6 Å². The number of Topliss-reactive ketones (excluding diaryl/α,β-unsaturated/α-hetero) is 1. The van der Waals surface area contributed by atoms with E-state index < -0.39 is 11.9 Å². The van der Waals surface area contributed by atoms with Crippen molar-refractivity contribution >= 4 is 34.9 Å². The molecule has 304 valence electrons. The zero-order valence-electron chi connectivity index (χ0n) is 32.6. The number of hydrogen-bond donors (Lipinski definition) is 4. The number of carbonyl (C=O) groups excluding carboxylic acids is 1. The van der Waals surface area contributed by atoms with E-state index >= 15 is 0 Å². The second-order valence-corrected chi connectivity index (χ2v) is 14.6. The van der Waals surface area contributed by atoms with Gasteiger partial charge in [0.2, 0.25) is 0 Å². The number of rotatable bonds is 5. The van der Waals surface area contributed by atoms with Crippen LogP contribution in [0.2, 0.25) is 0 Å². The Morgan fingerprint density at radius 3 is 2.16 bits per heavy atom. The molecule has 1 saturated heterocycles. The topological polar surface area (TPSA) is 216 Å². The third kappa shape index (κ3) is 9.31. The maximum atomic E-state index is 11.9. The molecule has 0 aromatic carbocycles. The van der Waals surface area contributed by atoms with E-state index in [1.54, 1.807) is 0 Å². The summed E-state index contributed by atoms with van der Waals surface area (Å²) >= 11 is 0. The van der Waals surface area contributed by atoms with Crippen molar-refractivity contribution in [3.8, 4) is 0 Å². The van der Waals surface area contributed by atoms with Gasteiger partial charge >= 0.3 is 11.9 Å². The number of nitrogens with zero attached hydrogens (tertiary/aromatic N) is 3. The second-order valence-electron chi connectivity index (χ2n) is 14.6. The summed E-state index contributed by atoms with van der Waals surface area (Å²) in [4.78, 5) is 45.3. The van der Waals surface area contributed by atoms with Crippen LogP contribution in [0.1, 0.15) is 86.0 Å². The van der Waals surface area contributed by atoms with E-state index in [1.165, 1.54) is 24.8 Å². The van der Waals surface area contributed by atoms with Gasteiger partial charge in [-0.05, 0) is 86.3 Å². The minimum absolute atomic E-state index is 0. The Morgan fingerprint density at radius 2 is 1.61 bits per heavy atom. The average molecular weight is 946 g/mol. The molecule has 4 unspecified atom stereocenters. The number of aliphatic hydroxyl groups is 1. The van der Waals surface area contributed by atoms with Gasteiger partial charge in [0.25, 0.3) is 0 Å². The van der Waals surface area contributed by atoms with Gasteiger partial charge in [0.15, 0.2) is 0 Å². The molecule has 0 aromatic rings. The van der Waals surface area contributed by atoms with Crippen LogP contribution < -0.4 is 5.32 Å². The van der Waals surface area contributed by atoms with Gasteiger partial charge in [-0.15, -0.1) is 0 Å². The van der Waals surface area contributed by atoms with Crippen LogP contribution in [0.15, 0.2) is 119 Å². The second kappa shape index (κ2) is 19.0. The summed E-state index contributed by atoms with van der Waals surface area (Å²) in [6.45, 7) is 22.1. The summed E-state index contributed by atoms with van der Waals surface area (Å²) in [5.41, 5.74) is 21.8. The Morgan fingerprint density at radius 1 is 0.982 bits per heavy atom. The van der Waals surface area contributed by atoms with E-state index in [4.69, 9.17) is 40.5 Å². The van der Waals surface area contributed by atoms with Gasteiger partial charge in [0.1, 0.15) is 5.76 Å². The Hall–Kier alpha value is -4.64. The molecule has 7 rings (SSSR count). The Bertz CT molecular complexity index is 2030. The van der Waals surface area contributed by atoms with Crippen LogP contribution in [-0.4, -0.2) is 61.7 Å². The molecule has 5 aliphatic heterocycles. The van der Waals surface area contributed by atoms with Gasteiger partial charge in [-0.25, -0.2) is 24.6 Å². The van der Waals surface area contributed by atoms with Crippen LogP contribution >= 0.6 is 0 Å². The molecule has 2 aliphatic carbocycles. The number of carboxylic acids is 2. The van der Waals surface area contributed by atoms with Gasteiger partial charge in [-0.1, -0.05) is 52.2 Å². The minimum Gasteiger partial charge on any atom is -0.677 e. The molecule has 56 heavy (non-hydrogen) atoms. The summed E-state index contributed by atoms with van der Waals surface area (Å²) < 4.78 is 0. The van der Waals surface area contributed by atoms with E-state index in [0.29, 0.717) is 30.9 Å². The number of ketones is 1. The quantitative estimate of drug-likeness (QED) is 0.158. The molecule has 0 spiro atoms. The third-order valence-corrected chi connectivity index (χ3v) is 11.1. The molecule has 7 N–H and O–H groups in total. The van der Waals surface area contributed by atoms with Crippen molar-refractivity contribution in [3.05, 3.63) is 124 Å². The molecule has 7 aliphatic rings. The van der Waals surface area contributed by atoms with Crippen molar-refractivity contribution in [1.29, 1.82) is 0 Å². The van der Waals surface area contributed by atoms with E-state index in [1.807, 2.05) is 13.0 Å². The smallest absolute Gasteiger partial charge is 0.414 e. The Balaban J connectivity index is 0.000000446. The Kier molecular flexibility index (Phi) is 15.5. The summed E-state index contributed by atoms with van der Waals surface area (Å²) in [6, 6.07) is 0.142. The monoisotopic (exact) mass is 945 g/mol. The number of hydrogen-bond acceptors (Lipinski definition) is 8. The summed E-state index contributed by atoms with van der Waals surface area (Å²) in [5.74, 6) is -2.77. The number of nitrogens with one attached hydrogen (secondary N) is 2. The largest absolute Gasteiger partial charge is 0.677 e.